The van der Waals surface area contributed by atoms with Crippen LogP contribution in [0.4, 0.5) is 0 Å². The van der Waals surface area contributed by atoms with E-state index in [0.717, 1.165) is 0 Å². The molecule has 0 aromatic heterocycles. The molecule has 1 unspecified atom stereocenters. The van der Waals surface area contributed by atoms with Gasteiger partial charge in [-0.1, -0.05) is 13.8 Å². The van der Waals surface area contributed by atoms with Crippen molar-refractivity contribution in [2.45, 2.75) is 39.7 Å². The molecule has 0 aliphatic carbocycles. The zero-order chi connectivity index (χ0) is 9.56. The summed E-state index contributed by atoms with van der Waals surface area (Å²) >= 11 is 0. The molecular weight excluding hydrogens is 150 g/mol. The van der Waals surface area contributed by atoms with E-state index < -0.39 is 0 Å². The van der Waals surface area contributed by atoms with Crippen LogP contribution in [0.5, 0.6) is 0 Å². The fourth-order valence-electron chi connectivity index (χ4n) is 0.678. The molecule has 1 atom stereocenters. The van der Waals surface area contributed by atoms with Crippen molar-refractivity contribution in [1.29, 1.82) is 0 Å². The fourth-order valence-corrected chi connectivity index (χ4v) is 0.678. The first-order valence-electron chi connectivity index (χ1n) is 4.30. The Hall–Kier alpha value is -0.970. The number of amides is 1. The minimum absolute atomic E-state index is 0.0501. The van der Waals surface area contributed by atoms with Crippen molar-refractivity contribution < 1.29 is 4.79 Å². The third-order valence-electron chi connectivity index (χ3n) is 1.89. The smallest absolute Gasteiger partial charge is 0.221 e. The van der Waals surface area contributed by atoms with E-state index in [0.29, 0.717) is 18.8 Å². The summed E-state index contributed by atoms with van der Waals surface area (Å²) in [5.41, 5.74) is 0. The summed E-state index contributed by atoms with van der Waals surface area (Å²) < 4.78 is 0. The van der Waals surface area contributed by atoms with Gasteiger partial charge in [-0.15, -0.1) is 12.3 Å². The van der Waals surface area contributed by atoms with Crippen LogP contribution in [0.25, 0.3) is 0 Å². The topological polar surface area (TPSA) is 29.1 Å². The summed E-state index contributed by atoms with van der Waals surface area (Å²) in [4.78, 5) is 11.1. The third-order valence-corrected chi connectivity index (χ3v) is 1.89. The van der Waals surface area contributed by atoms with Crippen molar-refractivity contribution in [2.24, 2.45) is 5.92 Å². The lowest BCUT2D eigenvalue weighted by molar-refractivity contribution is -0.121. The van der Waals surface area contributed by atoms with E-state index in [1.165, 1.54) is 0 Å². The molecule has 0 spiro atoms. The minimum Gasteiger partial charge on any atom is -0.353 e. The van der Waals surface area contributed by atoms with Crippen LogP contribution in [0.2, 0.25) is 0 Å². The predicted octanol–water partition coefficient (Wildman–Crippen LogP) is 1.56. The summed E-state index contributed by atoms with van der Waals surface area (Å²) in [6.07, 6.45) is 6.00. The first kappa shape index (κ1) is 11.0. The Kier molecular flexibility index (Phi) is 5.19. The maximum Gasteiger partial charge on any atom is 0.221 e. The standard InChI is InChI=1S/C10H17NO/c1-5-6-7-10(12)11-9(4)8(2)3/h1,8-9H,6-7H2,2-4H3,(H,11,12). The van der Waals surface area contributed by atoms with Gasteiger partial charge in [0, 0.05) is 18.9 Å². The zero-order valence-corrected chi connectivity index (χ0v) is 8.05. The van der Waals surface area contributed by atoms with Gasteiger partial charge < -0.3 is 5.32 Å². The van der Waals surface area contributed by atoms with Crippen LogP contribution in [0.3, 0.4) is 0 Å². The molecule has 0 saturated carbocycles. The van der Waals surface area contributed by atoms with Crippen molar-refractivity contribution in [3.8, 4) is 12.3 Å². The molecule has 0 radical (unpaired) electrons. The van der Waals surface area contributed by atoms with Crippen LogP contribution in [-0.2, 0) is 4.79 Å². The van der Waals surface area contributed by atoms with Gasteiger partial charge in [-0.3, -0.25) is 4.79 Å². The molecule has 12 heavy (non-hydrogen) atoms. The molecule has 0 aromatic carbocycles. The van der Waals surface area contributed by atoms with Crippen molar-refractivity contribution >= 4 is 5.91 Å². The van der Waals surface area contributed by atoms with Gasteiger partial charge in [-0.05, 0) is 12.8 Å². The van der Waals surface area contributed by atoms with Crippen molar-refractivity contribution in [1.82, 2.24) is 5.32 Å². The molecule has 0 aliphatic heterocycles. The summed E-state index contributed by atoms with van der Waals surface area (Å²) in [5, 5.41) is 2.88. The number of hydrogen-bond donors (Lipinski definition) is 1. The fraction of sp³-hybridized carbons (Fsp3) is 0.700. The quantitative estimate of drug-likeness (QED) is 0.632. The molecule has 2 nitrogen and oxygen atoms in total. The number of rotatable bonds is 4. The van der Waals surface area contributed by atoms with Crippen molar-refractivity contribution in [2.75, 3.05) is 0 Å². The predicted molar refractivity (Wildman–Crippen MR) is 50.5 cm³/mol. The maximum atomic E-state index is 11.1. The van der Waals surface area contributed by atoms with E-state index >= 15 is 0 Å². The molecule has 1 N–H and O–H groups in total. The summed E-state index contributed by atoms with van der Waals surface area (Å²) in [6, 6.07) is 0.232. The molecule has 0 aromatic rings. The first-order chi connectivity index (χ1) is 5.57. The van der Waals surface area contributed by atoms with Gasteiger partial charge in [0.05, 0.1) is 0 Å². The molecule has 0 heterocycles. The summed E-state index contributed by atoms with van der Waals surface area (Å²) in [6.45, 7) is 6.15. The second-order valence-corrected chi connectivity index (χ2v) is 3.30. The highest BCUT2D eigenvalue weighted by Gasteiger charge is 2.09. The highest BCUT2D eigenvalue weighted by Crippen LogP contribution is 2.00. The Morgan fingerprint density at radius 2 is 2.08 bits per heavy atom. The molecule has 0 saturated heterocycles. The number of carbonyl (C=O) groups is 1. The van der Waals surface area contributed by atoms with Gasteiger partial charge in [0.25, 0.3) is 0 Å². The number of nitrogens with one attached hydrogen (secondary N) is 1. The SMILES string of the molecule is C#CCCC(=O)NC(C)C(C)C. The largest absolute Gasteiger partial charge is 0.353 e. The van der Waals surface area contributed by atoms with Crippen LogP contribution in [0.1, 0.15) is 33.6 Å². The summed E-state index contributed by atoms with van der Waals surface area (Å²) in [7, 11) is 0. The van der Waals surface area contributed by atoms with Gasteiger partial charge in [0.15, 0.2) is 0 Å². The molecule has 2 heteroatoms. The highest BCUT2D eigenvalue weighted by molar-refractivity contribution is 5.76. The monoisotopic (exact) mass is 167 g/mol. The number of terminal acetylenes is 1. The molecular formula is C10H17NO. The minimum atomic E-state index is 0.0501. The van der Waals surface area contributed by atoms with Crippen molar-refractivity contribution in [3.63, 3.8) is 0 Å². The van der Waals surface area contributed by atoms with Gasteiger partial charge in [-0.25, -0.2) is 0 Å². The molecule has 0 bridgehead atoms. The van der Waals surface area contributed by atoms with Crippen LogP contribution < -0.4 is 5.32 Å². The van der Waals surface area contributed by atoms with E-state index in [9.17, 15) is 4.79 Å². The molecule has 0 aliphatic rings. The van der Waals surface area contributed by atoms with Gasteiger partial charge in [0.2, 0.25) is 5.91 Å². The Bertz CT molecular complexity index is 179. The number of hydrogen-bond acceptors (Lipinski definition) is 1. The van der Waals surface area contributed by atoms with E-state index in [-0.39, 0.29) is 11.9 Å². The van der Waals surface area contributed by atoms with Gasteiger partial charge in [0.1, 0.15) is 0 Å². The second kappa shape index (κ2) is 5.65. The van der Waals surface area contributed by atoms with Crippen LogP contribution in [0.15, 0.2) is 0 Å². The normalized spacial score (nSPS) is 12.2. The Morgan fingerprint density at radius 3 is 2.50 bits per heavy atom. The van der Waals surface area contributed by atoms with E-state index in [4.69, 9.17) is 6.42 Å². The van der Waals surface area contributed by atoms with Crippen LogP contribution in [0, 0.1) is 18.3 Å². The molecule has 0 fully saturated rings. The average molecular weight is 167 g/mol. The lowest BCUT2D eigenvalue weighted by Gasteiger charge is -2.16. The highest BCUT2D eigenvalue weighted by atomic mass is 16.1. The molecule has 68 valence electrons. The molecule has 0 rings (SSSR count). The van der Waals surface area contributed by atoms with E-state index in [1.54, 1.807) is 0 Å². The summed E-state index contributed by atoms with van der Waals surface area (Å²) in [5.74, 6) is 2.96. The lowest BCUT2D eigenvalue weighted by Crippen LogP contribution is -2.35. The van der Waals surface area contributed by atoms with Gasteiger partial charge >= 0.3 is 0 Å². The van der Waals surface area contributed by atoms with Crippen LogP contribution >= 0.6 is 0 Å². The van der Waals surface area contributed by atoms with E-state index in [2.05, 4.69) is 25.1 Å². The van der Waals surface area contributed by atoms with Gasteiger partial charge in [-0.2, -0.15) is 0 Å². The molecule has 1 amide bonds. The first-order valence-corrected chi connectivity index (χ1v) is 4.30. The Morgan fingerprint density at radius 1 is 1.50 bits per heavy atom. The third kappa shape index (κ3) is 4.79. The maximum absolute atomic E-state index is 11.1. The Labute approximate surface area is 74.7 Å². The lowest BCUT2D eigenvalue weighted by atomic mass is 10.1. The average Bonchev–Trinajstić information content (AvgIpc) is 2.00. The van der Waals surface area contributed by atoms with E-state index in [1.807, 2.05) is 6.92 Å². The number of carbonyl (C=O) groups excluding carboxylic acids is 1. The second-order valence-electron chi connectivity index (χ2n) is 3.30. The zero-order valence-electron chi connectivity index (χ0n) is 8.05. The Balaban J connectivity index is 3.63. The van der Waals surface area contributed by atoms with Crippen molar-refractivity contribution in [3.05, 3.63) is 0 Å². The van der Waals surface area contributed by atoms with Crippen LogP contribution in [-0.4, -0.2) is 11.9 Å².